The summed E-state index contributed by atoms with van der Waals surface area (Å²) in [6.07, 6.45) is 13.2. The number of hydrogen-bond acceptors (Lipinski definition) is 18. The third-order valence-electron chi connectivity index (χ3n) is 14.6. The Balaban J connectivity index is 2.34. The van der Waals surface area contributed by atoms with E-state index in [9.17, 15) is 78.1 Å². The molecule has 0 radical (unpaired) electrons. The largest absolute Gasteiger partial charge is 0.481 e. The van der Waals surface area contributed by atoms with Crippen LogP contribution in [0.1, 0.15) is 173 Å². The number of unbranched alkanes of at least 4 members (excludes halogenated alkanes) is 14. The summed E-state index contributed by atoms with van der Waals surface area (Å²) in [6.45, 7) is 2.72. The number of hydrazine groups is 1. The average Bonchev–Trinajstić information content (AvgIpc) is 3.88. The molecule has 1 saturated heterocycles. The van der Waals surface area contributed by atoms with Crippen molar-refractivity contribution in [2.45, 2.75) is 221 Å². The van der Waals surface area contributed by atoms with Gasteiger partial charge < -0.3 is 68.8 Å². The summed E-state index contributed by atoms with van der Waals surface area (Å²) in [5, 5.41) is 53.5. The Morgan fingerprint density at radius 3 is 1.66 bits per heavy atom. The van der Waals surface area contributed by atoms with E-state index in [0.29, 0.717) is 12.2 Å². The lowest BCUT2D eigenvalue weighted by Gasteiger charge is -2.30. The third-order valence-corrected chi connectivity index (χ3v) is 16.8. The van der Waals surface area contributed by atoms with Gasteiger partial charge in [-0.3, -0.25) is 63.0 Å². The predicted octanol–water partition coefficient (Wildman–Crippen LogP) is 1.01. The van der Waals surface area contributed by atoms with Crippen LogP contribution in [0.15, 0.2) is 24.3 Å². The first-order valence-electron chi connectivity index (χ1n) is 30.4. The molecule has 1 heterocycles. The van der Waals surface area contributed by atoms with Gasteiger partial charge in [0.2, 0.25) is 59.1 Å². The molecule has 2 rings (SSSR count). The van der Waals surface area contributed by atoms with Crippen molar-refractivity contribution in [3.05, 3.63) is 35.4 Å². The highest BCUT2D eigenvalue weighted by atomic mass is 32.2. The van der Waals surface area contributed by atoms with Gasteiger partial charge in [0.1, 0.15) is 42.3 Å². The molecule has 496 valence electrons. The van der Waals surface area contributed by atoms with Crippen molar-refractivity contribution < 1.29 is 78.1 Å². The lowest BCUT2D eigenvalue weighted by molar-refractivity contribution is -0.146. The van der Waals surface area contributed by atoms with Crippen LogP contribution in [0.4, 0.5) is 0 Å². The highest BCUT2D eigenvalue weighted by Crippen LogP contribution is 2.24. The second-order valence-electron chi connectivity index (χ2n) is 21.9. The number of hydrogen-bond donors (Lipinski definition) is 15. The summed E-state index contributed by atoms with van der Waals surface area (Å²) in [4.78, 5) is 157. The predicted molar refractivity (Wildman–Crippen MR) is 330 cm³/mol. The fourth-order valence-corrected chi connectivity index (χ4v) is 11.7. The number of hydroxylamine groups is 1. The highest BCUT2D eigenvalue weighted by Gasteiger charge is 2.41. The SMILES string of the molecule is CCCCCCCCCCCCCCCCCC(=O)NN[C@@H](CCC(N)=O)C(=O)NC(CSCc1ccccc1CSC[C@H](NO)C(N)=O)C(=O)N[C@@H](CC(=O)O)C(=O)N1CCC[C@H]1C(=O)N[C@@H](CCC(=O)O)C(=O)N[C@H](C(=O)NCC(=O)NC)[C@@H](C)O. The maximum absolute atomic E-state index is 14.5. The molecule has 88 heavy (non-hydrogen) atoms. The second kappa shape index (κ2) is 44.8. The zero-order valence-corrected chi connectivity index (χ0v) is 52.7. The minimum Gasteiger partial charge on any atom is -0.481 e. The number of aliphatic hydroxyl groups excluding tert-OH is 1. The zero-order chi connectivity index (χ0) is 65.4. The zero-order valence-electron chi connectivity index (χ0n) is 51.0. The maximum atomic E-state index is 14.5. The van der Waals surface area contributed by atoms with Crippen LogP contribution in [0, 0.1) is 0 Å². The summed E-state index contributed by atoms with van der Waals surface area (Å²) in [7, 11) is 1.31. The van der Waals surface area contributed by atoms with Crippen LogP contribution in [0.3, 0.4) is 0 Å². The van der Waals surface area contributed by atoms with Gasteiger partial charge in [0, 0.05) is 55.9 Å². The van der Waals surface area contributed by atoms with Crippen molar-refractivity contribution in [1.29, 1.82) is 0 Å². The number of nitrogens with two attached hydrogens (primary N) is 2. The number of thioether (sulfide) groups is 2. The molecule has 17 N–H and O–H groups in total. The minimum atomic E-state index is -1.87. The van der Waals surface area contributed by atoms with E-state index in [2.05, 4.69) is 49.7 Å². The van der Waals surface area contributed by atoms with Crippen molar-refractivity contribution in [3.8, 4) is 0 Å². The van der Waals surface area contributed by atoms with Crippen molar-refractivity contribution in [3.63, 3.8) is 0 Å². The van der Waals surface area contributed by atoms with Crippen LogP contribution < -0.4 is 59.7 Å². The van der Waals surface area contributed by atoms with Crippen LogP contribution >= 0.6 is 23.5 Å². The Morgan fingerprint density at radius 1 is 0.625 bits per heavy atom. The summed E-state index contributed by atoms with van der Waals surface area (Å²) < 4.78 is 0. The number of carbonyl (C=O) groups excluding carboxylic acids is 10. The molecule has 30 heteroatoms. The summed E-state index contributed by atoms with van der Waals surface area (Å²) in [5.41, 5.74) is 19.5. The van der Waals surface area contributed by atoms with Gasteiger partial charge in [0.05, 0.1) is 19.1 Å². The number of nitrogens with zero attached hydrogens (tertiary/aromatic N) is 1. The Bertz CT molecular complexity index is 2410. The number of primary amides is 2. The van der Waals surface area contributed by atoms with E-state index >= 15 is 0 Å². The standard InChI is InChI=1S/C58H96N12O16S2/c1-4-5-6-7-8-9-10-11-12-13-14-15-16-17-18-25-47(73)68-67-41(26-28-46(59)72)54(81)65-44(36-88-34-39-23-20-19-22-38(39)33-87-35-43(69-86)52(60)79)55(82)64-42(31-50(77)78)58(85)70-30-21-24-45(70)56(83)63-40(27-29-49(75)76)53(80)66-51(37(2)71)57(84)62-32-48(74)61-3/h19-20,22-23,37,40-45,51,67,69,71,86H,4-18,21,24-36H2,1-3H3,(H2,59,72)(H2,60,79)(H,61,74)(H,62,84)(H,63,83)(H,64,82)(H,65,81)(H,66,80)(H,68,73)(H,75,76)(H,77,78)/t37-,40+,41+,42+,43+,44?,45+,51+/m1/s1. The molecular formula is C58H96N12O16S2. The number of likely N-dealkylation sites (N-methyl/N-ethyl adjacent to an activating group) is 1. The number of likely N-dealkylation sites (tertiary alicyclic amines) is 1. The van der Waals surface area contributed by atoms with Gasteiger partial charge in [-0.05, 0) is 50.2 Å². The van der Waals surface area contributed by atoms with Gasteiger partial charge in [-0.1, -0.05) is 121 Å². The Morgan fingerprint density at radius 2 is 1.15 bits per heavy atom. The van der Waals surface area contributed by atoms with Crippen molar-refractivity contribution in [2.24, 2.45) is 11.5 Å². The Kier molecular flexibility index (Phi) is 39.4. The lowest BCUT2D eigenvalue weighted by atomic mass is 10.0. The summed E-state index contributed by atoms with van der Waals surface area (Å²) in [6, 6.07) is -3.30. The molecule has 28 nitrogen and oxygen atoms in total. The molecule has 0 aromatic heterocycles. The molecule has 1 aromatic carbocycles. The number of carboxylic acids is 2. The van der Waals surface area contributed by atoms with Gasteiger partial charge in [0.25, 0.3) is 0 Å². The van der Waals surface area contributed by atoms with E-state index in [-0.39, 0.29) is 55.9 Å². The first-order chi connectivity index (χ1) is 42.0. The number of amides is 10. The Labute approximate surface area is 523 Å². The number of carbonyl (C=O) groups is 12. The van der Waals surface area contributed by atoms with Crippen molar-refractivity contribution in [2.75, 3.05) is 31.6 Å². The van der Waals surface area contributed by atoms with Crippen LogP contribution in [0.5, 0.6) is 0 Å². The van der Waals surface area contributed by atoms with E-state index in [1.807, 2.05) is 17.6 Å². The number of carboxylic acid groups (broad SMARTS) is 2. The van der Waals surface area contributed by atoms with Crippen molar-refractivity contribution in [1.82, 2.24) is 53.1 Å². The van der Waals surface area contributed by atoms with Gasteiger partial charge in [-0.25, -0.2) is 5.43 Å². The van der Waals surface area contributed by atoms with E-state index < -0.39 is 145 Å². The van der Waals surface area contributed by atoms with E-state index in [1.54, 1.807) is 12.1 Å². The molecular weight excluding hydrogens is 1180 g/mol. The molecule has 0 saturated carbocycles. The molecule has 8 atom stereocenters. The van der Waals surface area contributed by atoms with Crippen LogP contribution in [0.25, 0.3) is 0 Å². The molecule has 1 fully saturated rings. The van der Waals surface area contributed by atoms with E-state index in [0.717, 1.165) is 60.4 Å². The van der Waals surface area contributed by atoms with E-state index in [4.69, 9.17) is 11.5 Å². The fourth-order valence-electron chi connectivity index (χ4n) is 9.47. The topological polar surface area (TPSA) is 449 Å². The first kappa shape index (κ1) is 77.5. The van der Waals surface area contributed by atoms with Gasteiger partial charge in [0.15, 0.2) is 0 Å². The monoisotopic (exact) mass is 1280 g/mol. The van der Waals surface area contributed by atoms with Gasteiger partial charge in [-0.2, -0.15) is 29.0 Å². The van der Waals surface area contributed by atoms with Crippen LogP contribution in [0.2, 0.25) is 0 Å². The number of aliphatic carboxylic acids is 2. The number of benzene rings is 1. The molecule has 1 aliphatic rings. The maximum Gasteiger partial charge on any atom is 0.305 e. The lowest BCUT2D eigenvalue weighted by Crippen LogP contribution is -2.61. The fraction of sp³-hybridized carbons (Fsp3) is 0.690. The molecule has 1 aliphatic heterocycles. The molecule has 1 unspecified atom stereocenters. The normalized spacial score (nSPS) is 15.2. The Hall–Kier alpha value is -6.60. The molecule has 0 spiro atoms. The minimum absolute atomic E-state index is 0.0359. The summed E-state index contributed by atoms with van der Waals surface area (Å²) >= 11 is 2.46. The van der Waals surface area contributed by atoms with Gasteiger partial charge in [-0.15, -0.1) is 0 Å². The number of nitrogens with one attached hydrogen (secondary N) is 9. The van der Waals surface area contributed by atoms with Crippen LogP contribution in [-0.4, -0.2) is 176 Å². The second-order valence-corrected chi connectivity index (χ2v) is 23.9. The quantitative estimate of drug-likeness (QED) is 0.0320. The molecule has 0 aliphatic carbocycles. The van der Waals surface area contributed by atoms with E-state index in [1.165, 1.54) is 83.0 Å². The number of rotatable bonds is 49. The van der Waals surface area contributed by atoms with Crippen LogP contribution in [-0.2, 0) is 69.0 Å². The molecule has 1 aromatic rings. The molecule has 0 bridgehead atoms. The molecule has 10 amide bonds. The smallest absolute Gasteiger partial charge is 0.305 e. The van der Waals surface area contributed by atoms with Gasteiger partial charge >= 0.3 is 11.9 Å². The third kappa shape index (κ3) is 32.0. The van der Waals surface area contributed by atoms with Crippen molar-refractivity contribution >= 4 is 94.5 Å². The number of aliphatic hydroxyl groups is 1. The average molecular weight is 1280 g/mol. The first-order valence-corrected chi connectivity index (χ1v) is 32.7. The summed E-state index contributed by atoms with van der Waals surface area (Å²) in [5.74, 6) is -11.0. The highest BCUT2D eigenvalue weighted by molar-refractivity contribution is 7.98.